The first-order chi connectivity index (χ1) is 13.0. The number of carbonyl (C=O) groups excluding carboxylic acids is 2. The molecule has 1 heterocycles. The molecule has 1 fully saturated rings. The normalized spacial score (nSPS) is 20.6. The number of aliphatic hydroxyl groups excluding tert-OH is 1. The molecule has 142 valence electrons. The number of hydrogen-bond donors (Lipinski definition) is 1. The van der Waals surface area contributed by atoms with Crippen molar-refractivity contribution in [3.8, 4) is 0 Å². The molecule has 0 bridgehead atoms. The number of nitrogens with zero attached hydrogens (tertiary/aromatic N) is 2. The van der Waals surface area contributed by atoms with Gasteiger partial charge in [0, 0.05) is 26.6 Å². The first kappa shape index (κ1) is 19.1. The van der Waals surface area contributed by atoms with Gasteiger partial charge in [0.15, 0.2) is 0 Å². The van der Waals surface area contributed by atoms with Crippen LogP contribution in [0.5, 0.6) is 0 Å². The van der Waals surface area contributed by atoms with Gasteiger partial charge in [0.05, 0.1) is 18.1 Å². The lowest BCUT2D eigenvalue weighted by atomic mass is 9.86. The molecular weight excluding hydrogens is 340 g/mol. The van der Waals surface area contributed by atoms with Gasteiger partial charge in [0.25, 0.3) is 0 Å². The Hall–Kier alpha value is -2.66. The minimum atomic E-state index is -1.08. The summed E-state index contributed by atoms with van der Waals surface area (Å²) in [6.45, 7) is 2.30. The molecule has 5 heteroatoms. The minimum absolute atomic E-state index is 0.0403. The van der Waals surface area contributed by atoms with Crippen molar-refractivity contribution in [3.05, 3.63) is 71.8 Å². The van der Waals surface area contributed by atoms with Gasteiger partial charge in [-0.15, -0.1) is 0 Å². The molecular formula is C22H26N2O3. The Bertz CT molecular complexity index is 794. The molecule has 1 aliphatic rings. The minimum Gasteiger partial charge on any atom is -0.395 e. The van der Waals surface area contributed by atoms with E-state index in [0.29, 0.717) is 6.54 Å². The Balaban J connectivity index is 1.77. The molecule has 2 atom stereocenters. The fourth-order valence-electron chi connectivity index (χ4n) is 3.78. The van der Waals surface area contributed by atoms with Gasteiger partial charge in [-0.05, 0) is 18.1 Å². The van der Waals surface area contributed by atoms with Crippen LogP contribution in [-0.4, -0.2) is 46.9 Å². The summed E-state index contributed by atoms with van der Waals surface area (Å²) < 4.78 is 0. The third kappa shape index (κ3) is 3.88. The van der Waals surface area contributed by atoms with Crippen molar-refractivity contribution in [1.82, 2.24) is 9.80 Å². The van der Waals surface area contributed by atoms with Crippen molar-refractivity contribution in [2.45, 2.75) is 25.9 Å². The van der Waals surface area contributed by atoms with Crippen LogP contribution < -0.4 is 0 Å². The van der Waals surface area contributed by atoms with Crippen molar-refractivity contribution in [2.24, 2.45) is 5.41 Å². The molecule has 1 unspecified atom stereocenters. The standard InChI is InChI=1S/C22H26N2O3/c1-17(19-11-7-4-8-12-19)24-15-22(16-25,13-20(24)26)21(27)23(2)14-18-9-5-3-6-10-18/h3-12,17,25H,13-16H2,1-2H3/t17-,22?/m1/s1. The van der Waals surface area contributed by atoms with Gasteiger partial charge in [-0.3, -0.25) is 9.59 Å². The van der Waals surface area contributed by atoms with Gasteiger partial charge >= 0.3 is 0 Å². The molecule has 0 saturated carbocycles. The molecule has 3 rings (SSSR count). The van der Waals surface area contributed by atoms with Gasteiger partial charge < -0.3 is 14.9 Å². The summed E-state index contributed by atoms with van der Waals surface area (Å²) in [5, 5.41) is 10.1. The van der Waals surface area contributed by atoms with Crippen LogP contribution in [0.2, 0.25) is 0 Å². The molecule has 0 radical (unpaired) electrons. The van der Waals surface area contributed by atoms with E-state index < -0.39 is 5.41 Å². The number of aliphatic hydroxyl groups is 1. The van der Waals surface area contributed by atoms with Crippen LogP contribution in [-0.2, 0) is 16.1 Å². The largest absolute Gasteiger partial charge is 0.395 e. The highest BCUT2D eigenvalue weighted by Gasteiger charge is 2.50. The van der Waals surface area contributed by atoms with E-state index >= 15 is 0 Å². The smallest absolute Gasteiger partial charge is 0.233 e. The summed E-state index contributed by atoms with van der Waals surface area (Å²) in [4.78, 5) is 29.1. The lowest BCUT2D eigenvalue weighted by molar-refractivity contribution is -0.143. The number of hydrogen-bond acceptors (Lipinski definition) is 3. The zero-order valence-corrected chi connectivity index (χ0v) is 15.8. The highest BCUT2D eigenvalue weighted by molar-refractivity contribution is 5.92. The SMILES string of the molecule is C[C@H](c1ccccc1)N1CC(CO)(C(=O)N(C)Cc2ccccc2)CC1=O. The van der Waals surface area contributed by atoms with Gasteiger partial charge in [0.2, 0.25) is 11.8 Å². The Kier molecular flexibility index (Phi) is 5.61. The van der Waals surface area contributed by atoms with Gasteiger partial charge in [0.1, 0.15) is 0 Å². The number of benzene rings is 2. The molecule has 5 nitrogen and oxygen atoms in total. The molecule has 0 aromatic heterocycles. The first-order valence-corrected chi connectivity index (χ1v) is 9.21. The Morgan fingerprint density at radius 3 is 2.33 bits per heavy atom. The fraction of sp³-hybridized carbons (Fsp3) is 0.364. The van der Waals surface area contributed by atoms with Crippen LogP contribution in [0.25, 0.3) is 0 Å². The fourth-order valence-corrected chi connectivity index (χ4v) is 3.78. The number of carbonyl (C=O) groups is 2. The predicted molar refractivity (Wildman–Crippen MR) is 104 cm³/mol. The van der Waals surface area contributed by atoms with E-state index in [4.69, 9.17) is 0 Å². The van der Waals surface area contributed by atoms with Crippen LogP contribution in [0.15, 0.2) is 60.7 Å². The molecule has 1 saturated heterocycles. The second-order valence-corrected chi connectivity index (χ2v) is 7.37. The molecule has 2 aromatic rings. The number of rotatable bonds is 6. The van der Waals surface area contributed by atoms with Crippen LogP contribution in [0, 0.1) is 5.41 Å². The zero-order chi connectivity index (χ0) is 19.4. The quantitative estimate of drug-likeness (QED) is 0.855. The molecule has 2 aromatic carbocycles. The van der Waals surface area contributed by atoms with E-state index in [-0.39, 0.29) is 37.4 Å². The van der Waals surface area contributed by atoms with E-state index in [9.17, 15) is 14.7 Å². The first-order valence-electron chi connectivity index (χ1n) is 9.21. The summed E-state index contributed by atoms with van der Waals surface area (Å²) in [5.74, 6) is -0.285. The summed E-state index contributed by atoms with van der Waals surface area (Å²) in [5.41, 5.74) is 0.953. The third-order valence-electron chi connectivity index (χ3n) is 5.40. The molecule has 2 amide bonds. The summed E-state index contributed by atoms with van der Waals surface area (Å²) in [6, 6.07) is 19.3. The van der Waals surface area contributed by atoms with E-state index in [2.05, 4.69) is 0 Å². The topological polar surface area (TPSA) is 60.9 Å². The average Bonchev–Trinajstić information content (AvgIpc) is 3.06. The lowest BCUT2D eigenvalue weighted by Gasteiger charge is -2.32. The summed E-state index contributed by atoms with van der Waals surface area (Å²) >= 11 is 0. The summed E-state index contributed by atoms with van der Waals surface area (Å²) in [7, 11) is 1.72. The van der Waals surface area contributed by atoms with Crippen LogP contribution >= 0.6 is 0 Å². The molecule has 1 aliphatic heterocycles. The van der Waals surface area contributed by atoms with Crippen molar-refractivity contribution >= 4 is 11.8 Å². The van der Waals surface area contributed by atoms with Crippen molar-refractivity contribution in [3.63, 3.8) is 0 Å². The second-order valence-electron chi connectivity index (χ2n) is 7.37. The maximum atomic E-state index is 13.1. The van der Waals surface area contributed by atoms with Crippen molar-refractivity contribution in [2.75, 3.05) is 20.2 Å². The predicted octanol–water partition coefficient (Wildman–Crippen LogP) is 2.62. The zero-order valence-electron chi connectivity index (χ0n) is 15.8. The molecule has 1 N–H and O–H groups in total. The monoisotopic (exact) mass is 366 g/mol. The third-order valence-corrected chi connectivity index (χ3v) is 5.40. The Labute approximate surface area is 160 Å². The van der Waals surface area contributed by atoms with Gasteiger partial charge in [-0.2, -0.15) is 0 Å². The second kappa shape index (κ2) is 7.92. The highest BCUT2D eigenvalue weighted by Crippen LogP contribution is 2.37. The summed E-state index contributed by atoms with van der Waals surface area (Å²) in [6.07, 6.45) is 0.0403. The van der Waals surface area contributed by atoms with Crippen LogP contribution in [0.4, 0.5) is 0 Å². The average molecular weight is 366 g/mol. The van der Waals surface area contributed by atoms with Crippen LogP contribution in [0.3, 0.4) is 0 Å². The Morgan fingerprint density at radius 2 is 1.74 bits per heavy atom. The number of likely N-dealkylation sites (tertiary alicyclic amines) is 1. The maximum absolute atomic E-state index is 13.1. The maximum Gasteiger partial charge on any atom is 0.233 e. The van der Waals surface area contributed by atoms with Gasteiger partial charge in [-0.1, -0.05) is 60.7 Å². The van der Waals surface area contributed by atoms with E-state index in [1.165, 1.54) is 0 Å². The van der Waals surface area contributed by atoms with Crippen molar-refractivity contribution < 1.29 is 14.7 Å². The van der Waals surface area contributed by atoms with E-state index in [0.717, 1.165) is 11.1 Å². The van der Waals surface area contributed by atoms with E-state index in [1.807, 2.05) is 67.6 Å². The molecule has 0 aliphatic carbocycles. The number of amides is 2. The van der Waals surface area contributed by atoms with Gasteiger partial charge in [-0.25, -0.2) is 0 Å². The van der Waals surface area contributed by atoms with Crippen LogP contribution in [0.1, 0.15) is 30.5 Å². The van der Waals surface area contributed by atoms with Crippen molar-refractivity contribution in [1.29, 1.82) is 0 Å². The Morgan fingerprint density at radius 1 is 1.15 bits per heavy atom. The molecule has 0 spiro atoms. The molecule has 27 heavy (non-hydrogen) atoms. The highest BCUT2D eigenvalue weighted by atomic mass is 16.3. The lowest BCUT2D eigenvalue weighted by Crippen LogP contribution is -2.46. The van der Waals surface area contributed by atoms with E-state index in [1.54, 1.807) is 16.8 Å².